The maximum Gasteiger partial charge on any atom is 0.340 e. The number of hydrogen-bond acceptors (Lipinski definition) is 5. The van der Waals surface area contributed by atoms with E-state index >= 15 is 0 Å². The molecule has 31 heavy (non-hydrogen) atoms. The summed E-state index contributed by atoms with van der Waals surface area (Å²) in [6.45, 7) is 5.10. The first-order chi connectivity index (χ1) is 14.8. The first-order valence-electron chi connectivity index (χ1n) is 9.44. The second kappa shape index (κ2) is 9.27. The standard InChI is InChI=1S/C23H21N3O4S/c1-3-17-18(24)19(31-21(17)25-20(27)14(2)23(29)30)22(28)26(15-10-6-4-7-11-15)16-12-8-5-9-13-16/h4-13H,2-3,24H2,1H3,(H,25,27)(H,29,30). The van der Waals surface area contributed by atoms with Crippen molar-refractivity contribution in [3.63, 3.8) is 0 Å². The molecule has 2 amide bonds. The van der Waals surface area contributed by atoms with E-state index in [1.807, 2.05) is 67.6 Å². The van der Waals surface area contributed by atoms with Gasteiger partial charge >= 0.3 is 5.97 Å². The summed E-state index contributed by atoms with van der Waals surface area (Å²) in [4.78, 5) is 38.6. The molecular formula is C23H21N3O4S. The van der Waals surface area contributed by atoms with Crippen molar-refractivity contribution >= 4 is 51.2 Å². The minimum Gasteiger partial charge on any atom is -0.478 e. The molecule has 0 aliphatic heterocycles. The van der Waals surface area contributed by atoms with Crippen molar-refractivity contribution < 1.29 is 19.5 Å². The van der Waals surface area contributed by atoms with Crippen LogP contribution >= 0.6 is 11.3 Å². The summed E-state index contributed by atoms with van der Waals surface area (Å²) in [5, 5.41) is 11.8. The molecule has 0 radical (unpaired) electrons. The van der Waals surface area contributed by atoms with Gasteiger partial charge in [-0.1, -0.05) is 49.9 Å². The first-order valence-corrected chi connectivity index (χ1v) is 10.3. The smallest absolute Gasteiger partial charge is 0.340 e. The minimum absolute atomic E-state index is 0.251. The Morgan fingerprint density at radius 1 is 1.03 bits per heavy atom. The number of carbonyl (C=O) groups is 3. The molecule has 0 saturated heterocycles. The van der Waals surface area contributed by atoms with Gasteiger partial charge in [0.15, 0.2) is 0 Å². The fourth-order valence-electron chi connectivity index (χ4n) is 3.00. The molecule has 0 aliphatic carbocycles. The molecule has 1 heterocycles. The zero-order valence-corrected chi connectivity index (χ0v) is 17.6. The largest absolute Gasteiger partial charge is 0.478 e. The van der Waals surface area contributed by atoms with Gasteiger partial charge in [0.2, 0.25) is 0 Å². The van der Waals surface area contributed by atoms with Crippen LogP contribution in [0.1, 0.15) is 22.2 Å². The Bertz CT molecular complexity index is 1100. The van der Waals surface area contributed by atoms with Gasteiger partial charge in [-0.05, 0) is 30.7 Å². The number of carboxylic acids is 1. The van der Waals surface area contributed by atoms with Crippen LogP contribution in [0.15, 0.2) is 72.8 Å². The quantitative estimate of drug-likeness (QED) is 0.288. The zero-order valence-electron chi connectivity index (χ0n) is 16.8. The van der Waals surface area contributed by atoms with Gasteiger partial charge in [0.25, 0.3) is 11.8 Å². The van der Waals surface area contributed by atoms with Crippen LogP contribution in [0.3, 0.4) is 0 Å². The van der Waals surface area contributed by atoms with Gasteiger partial charge < -0.3 is 16.2 Å². The summed E-state index contributed by atoms with van der Waals surface area (Å²) in [7, 11) is 0. The van der Waals surface area contributed by atoms with Crippen molar-refractivity contribution in [2.24, 2.45) is 0 Å². The molecule has 7 nitrogen and oxygen atoms in total. The van der Waals surface area contributed by atoms with Crippen molar-refractivity contribution in [3.8, 4) is 0 Å². The summed E-state index contributed by atoms with van der Waals surface area (Å²) in [6, 6.07) is 18.3. The van der Waals surface area contributed by atoms with E-state index in [9.17, 15) is 14.4 Å². The van der Waals surface area contributed by atoms with Gasteiger partial charge in [0.05, 0.1) is 5.69 Å². The number of nitrogen functional groups attached to an aromatic ring is 1. The van der Waals surface area contributed by atoms with E-state index in [0.717, 1.165) is 11.3 Å². The van der Waals surface area contributed by atoms with Crippen LogP contribution < -0.4 is 16.0 Å². The molecule has 0 atom stereocenters. The lowest BCUT2D eigenvalue weighted by atomic mass is 10.1. The number of thiophene rings is 1. The molecule has 4 N–H and O–H groups in total. The van der Waals surface area contributed by atoms with Gasteiger partial charge in [0, 0.05) is 16.9 Å². The third-order valence-electron chi connectivity index (χ3n) is 4.59. The number of rotatable bonds is 7. The van der Waals surface area contributed by atoms with Crippen molar-refractivity contribution in [3.05, 3.63) is 83.3 Å². The summed E-state index contributed by atoms with van der Waals surface area (Å²) < 4.78 is 0. The van der Waals surface area contributed by atoms with E-state index in [0.29, 0.717) is 28.4 Å². The summed E-state index contributed by atoms with van der Waals surface area (Å²) in [5.41, 5.74) is 7.84. The predicted octanol–water partition coefficient (Wildman–Crippen LogP) is 4.45. The van der Waals surface area contributed by atoms with E-state index in [1.165, 1.54) is 0 Å². The normalized spacial score (nSPS) is 10.4. The van der Waals surface area contributed by atoms with Crippen LogP contribution in [0.4, 0.5) is 22.1 Å². The molecular weight excluding hydrogens is 414 g/mol. The molecule has 158 valence electrons. The lowest BCUT2D eigenvalue weighted by Crippen LogP contribution is -2.25. The Morgan fingerprint density at radius 3 is 2.00 bits per heavy atom. The summed E-state index contributed by atoms with van der Waals surface area (Å²) >= 11 is 1.01. The molecule has 0 saturated carbocycles. The van der Waals surface area contributed by atoms with Crippen molar-refractivity contribution in [2.45, 2.75) is 13.3 Å². The number of nitrogens with zero attached hydrogens (tertiary/aromatic N) is 1. The fraction of sp³-hybridized carbons (Fsp3) is 0.0870. The van der Waals surface area contributed by atoms with Gasteiger partial charge in [-0.2, -0.15) is 0 Å². The van der Waals surface area contributed by atoms with Gasteiger partial charge in [0.1, 0.15) is 15.5 Å². The number of carboxylic acid groups (broad SMARTS) is 1. The number of nitrogens with two attached hydrogens (primary N) is 1. The van der Waals surface area contributed by atoms with Crippen molar-refractivity contribution in [1.29, 1.82) is 0 Å². The van der Waals surface area contributed by atoms with E-state index in [2.05, 4.69) is 11.9 Å². The summed E-state index contributed by atoms with van der Waals surface area (Å²) in [6.07, 6.45) is 0.446. The number of para-hydroxylation sites is 2. The fourth-order valence-corrected chi connectivity index (χ4v) is 4.14. The lowest BCUT2D eigenvalue weighted by Gasteiger charge is -2.22. The van der Waals surface area contributed by atoms with E-state index in [4.69, 9.17) is 10.8 Å². The predicted molar refractivity (Wildman–Crippen MR) is 123 cm³/mol. The molecule has 0 spiro atoms. The topological polar surface area (TPSA) is 113 Å². The highest BCUT2D eigenvalue weighted by Gasteiger charge is 2.27. The number of nitrogens with one attached hydrogen (secondary N) is 1. The Kier molecular flexibility index (Phi) is 6.52. The van der Waals surface area contributed by atoms with E-state index < -0.39 is 17.4 Å². The number of amides is 2. The Hall–Kier alpha value is -3.91. The van der Waals surface area contributed by atoms with Crippen molar-refractivity contribution in [2.75, 3.05) is 16.0 Å². The molecule has 1 aromatic heterocycles. The average molecular weight is 436 g/mol. The van der Waals surface area contributed by atoms with Crippen LogP contribution in [-0.2, 0) is 16.0 Å². The van der Waals surface area contributed by atoms with E-state index in [-0.39, 0.29) is 16.5 Å². The maximum atomic E-state index is 13.6. The lowest BCUT2D eigenvalue weighted by molar-refractivity contribution is -0.134. The van der Waals surface area contributed by atoms with E-state index in [1.54, 1.807) is 4.90 Å². The summed E-state index contributed by atoms with van der Waals surface area (Å²) in [5.74, 6) is -2.63. The molecule has 3 rings (SSSR count). The van der Waals surface area contributed by atoms with Crippen molar-refractivity contribution in [1.82, 2.24) is 0 Å². The average Bonchev–Trinajstić information content (AvgIpc) is 3.09. The first kappa shape index (κ1) is 21.8. The van der Waals surface area contributed by atoms with Crippen LogP contribution in [0.5, 0.6) is 0 Å². The molecule has 0 bridgehead atoms. The highest BCUT2D eigenvalue weighted by Crippen LogP contribution is 2.39. The Labute approximate surface area is 183 Å². The third kappa shape index (κ3) is 4.49. The molecule has 0 unspecified atom stereocenters. The number of aliphatic carboxylic acids is 1. The highest BCUT2D eigenvalue weighted by molar-refractivity contribution is 7.19. The van der Waals surface area contributed by atoms with Crippen LogP contribution in [0, 0.1) is 0 Å². The van der Waals surface area contributed by atoms with Gasteiger partial charge in [-0.15, -0.1) is 11.3 Å². The Morgan fingerprint density at radius 2 is 1.55 bits per heavy atom. The Balaban J connectivity index is 2.05. The molecule has 2 aromatic carbocycles. The zero-order chi connectivity index (χ0) is 22.5. The molecule has 0 fully saturated rings. The molecule has 3 aromatic rings. The number of anilines is 4. The van der Waals surface area contributed by atoms with Crippen LogP contribution in [-0.4, -0.2) is 22.9 Å². The SMILES string of the molecule is C=C(C(=O)O)C(=O)Nc1sc(C(=O)N(c2ccccc2)c2ccccc2)c(N)c1CC. The highest BCUT2D eigenvalue weighted by atomic mass is 32.1. The maximum absolute atomic E-state index is 13.6. The second-order valence-electron chi connectivity index (χ2n) is 6.56. The molecule has 8 heteroatoms. The molecule has 0 aliphatic rings. The number of hydrogen-bond donors (Lipinski definition) is 3. The van der Waals surface area contributed by atoms with Crippen LogP contribution in [0.25, 0.3) is 0 Å². The number of carbonyl (C=O) groups excluding carboxylic acids is 2. The number of benzene rings is 2. The van der Waals surface area contributed by atoms with Gasteiger partial charge in [-0.3, -0.25) is 14.5 Å². The van der Waals surface area contributed by atoms with Crippen LogP contribution in [0.2, 0.25) is 0 Å². The second-order valence-corrected chi connectivity index (χ2v) is 7.58. The monoisotopic (exact) mass is 435 g/mol. The third-order valence-corrected chi connectivity index (χ3v) is 5.74. The minimum atomic E-state index is -1.42. The van der Waals surface area contributed by atoms with Gasteiger partial charge in [-0.25, -0.2) is 4.79 Å².